The van der Waals surface area contributed by atoms with Crippen LogP contribution < -0.4 is 10.9 Å². The number of aliphatic hydroxyl groups excluding tert-OH is 1. The van der Waals surface area contributed by atoms with Crippen LogP contribution in [0.3, 0.4) is 0 Å². The van der Waals surface area contributed by atoms with Crippen LogP contribution in [-0.2, 0) is 16.6 Å². The zero-order chi connectivity index (χ0) is 20.3. The number of nitrogens with one attached hydrogen (secondary N) is 1. The number of aliphatic hydroxyl groups is 1. The number of nitrogens with zero attached hydrogens (tertiary/aromatic N) is 3. The second-order valence-electron chi connectivity index (χ2n) is 6.68. The third-order valence-corrected chi connectivity index (χ3v) is 5.62. The smallest absolute Gasteiger partial charge is 0.238 e. The maximum atomic E-state index is 12.0. The van der Waals surface area contributed by atoms with Gasteiger partial charge in [-0.25, -0.2) is 13.6 Å². The largest absolute Gasteiger partial charge is 0.392 e. The number of likely N-dealkylation sites (tertiary alicyclic amines) is 1. The molecular weight excluding hydrogens is 380 g/mol. The number of hydrogen-bond donors (Lipinski definition) is 4. The van der Waals surface area contributed by atoms with Crippen molar-refractivity contribution < 1.29 is 13.5 Å². The number of hydrogen-bond acceptors (Lipinski definition) is 6. The van der Waals surface area contributed by atoms with Gasteiger partial charge in [0.25, 0.3) is 0 Å². The lowest BCUT2D eigenvalue weighted by Gasteiger charge is -2.16. The molecule has 1 unspecified atom stereocenters. The van der Waals surface area contributed by atoms with Gasteiger partial charge in [0.1, 0.15) is 0 Å². The van der Waals surface area contributed by atoms with E-state index in [1.165, 1.54) is 6.07 Å². The summed E-state index contributed by atoms with van der Waals surface area (Å²) in [5.41, 5.74) is 15.2. The van der Waals surface area contributed by atoms with Gasteiger partial charge in [0.2, 0.25) is 10.0 Å². The highest BCUT2D eigenvalue weighted by molar-refractivity contribution is 7.89. The fourth-order valence-electron chi connectivity index (χ4n) is 3.38. The van der Waals surface area contributed by atoms with Crippen LogP contribution in [0.2, 0.25) is 0 Å². The van der Waals surface area contributed by atoms with Crippen molar-refractivity contribution >= 4 is 15.9 Å². The topological polar surface area (TPSA) is 158 Å². The van der Waals surface area contributed by atoms with Crippen molar-refractivity contribution in [1.82, 2.24) is 4.90 Å². The second-order valence-corrected chi connectivity index (χ2v) is 8.21. The summed E-state index contributed by atoms with van der Waals surface area (Å²) in [4.78, 5) is 2.00. The van der Waals surface area contributed by atoms with E-state index in [1.54, 1.807) is 12.1 Å². The summed E-state index contributed by atoms with van der Waals surface area (Å²) in [6.45, 7) is 2.24. The van der Waals surface area contributed by atoms with Gasteiger partial charge in [0.05, 0.1) is 11.0 Å². The Balaban J connectivity index is 1.99. The Bertz CT molecular complexity index is 1000. The molecule has 1 heterocycles. The fraction of sp³-hybridized carbons (Fsp3) is 0.278. The third kappa shape index (κ3) is 4.42. The van der Waals surface area contributed by atoms with E-state index >= 15 is 0 Å². The van der Waals surface area contributed by atoms with E-state index in [2.05, 4.69) is 15.2 Å². The molecule has 0 saturated carbocycles. The Kier molecular flexibility index (Phi) is 5.84. The molecule has 1 atom stereocenters. The van der Waals surface area contributed by atoms with Crippen molar-refractivity contribution in [2.45, 2.75) is 24.0 Å². The molecule has 10 heteroatoms. The van der Waals surface area contributed by atoms with Gasteiger partial charge >= 0.3 is 0 Å². The summed E-state index contributed by atoms with van der Waals surface area (Å²) >= 11 is 0. The number of benzene rings is 2. The van der Waals surface area contributed by atoms with Gasteiger partial charge in [0, 0.05) is 25.2 Å². The SMILES string of the molecule is N=NN=C(N)c1c(-c2ccc(CN3CCC(O)C3)cc2)cccc1S(N)(=O)=O. The van der Waals surface area contributed by atoms with E-state index in [0.717, 1.165) is 30.6 Å². The number of nitrogens with two attached hydrogens (primary N) is 2. The molecule has 1 fully saturated rings. The molecule has 0 bridgehead atoms. The van der Waals surface area contributed by atoms with Crippen molar-refractivity contribution in [3.8, 4) is 11.1 Å². The molecular formula is C18H22N6O3S. The van der Waals surface area contributed by atoms with Crippen LogP contribution >= 0.6 is 0 Å². The molecule has 9 nitrogen and oxygen atoms in total. The molecule has 0 aromatic heterocycles. The summed E-state index contributed by atoms with van der Waals surface area (Å²) in [5, 5.41) is 21.3. The summed E-state index contributed by atoms with van der Waals surface area (Å²) in [6.07, 6.45) is 0.508. The number of sulfonamides is 1. The number of rotatable bonds is 6. The number of amidine groups is 1. The Morgan fingerprint density at radius 1 is 1.25 bits per heavy atom. The first-order valence-corrected chi connectivity index (χ1v) is 10.2. The first-order valence-electron chi connectivity index (χ1n) is 8.65. The van der Waals surface area contributed by atoms with Crippen molar-refractivity contribution in [2.75, 3.05) is 13.1 Å². The van der Waals surface area contributed by atoms with Gasteiger partial charge in [-0.2, -0.15) is 5.53 Å². The van der Waals surface area contributed by atoms with E-state index in [9.17, 15) is 13.5 Å². The fourth-order valence-corrected chi connectivity index (χ4v) is 4.15. The molecule has 2 aromatic rings. The molecule has 1 aliphatic heterocycles. The molecule has 148 valence electrons. The van der Waals surface area contributed by atoms with Crippen LogP contribution in [0.4, 0.5) is 0 Å². The lowest BCUT2D eigenvalue weighted by molar-refractivity contribution is 0.175. The van der Waals surface area contributed by atoms with Crippen molar-refractivity contribution in [3.63, 3.8) is 0 Å². The van der Waals surface area contributed by atoms with E-state index in [-0.39, 0.29) is 22.4 Å². The highest BCUT2D eigenvalue weighted by atomic mass is 32.2. The molecule has 28 heavy (non-hydrogen) atoms. The average molecular weight is 402 g/mol. The van der Waals surface area contributed by atoms with E-state index in [1.807, 2.05) is 24.3 Å². The van der Waals surface area contributed by atoms with Crippen LogP contribution in [-0.4, -0.2) is 43.5 Å². The lowest BCUT2D eigenvalue weighted by atomic mass is 9.98. The molecule has 1 saturated heterocycles. The molecule has 1 aliphatic rings. The number of β-amino-alcohol motifs (C(OH)–C–C–N with tert-alkyl or cyclic N) is 1. The Morgan fingerprint density at radius 2 is 1.96 bits per heavy atom. The van der Waals surface area contributed by atoms with E-state index in [0.29, 0.717) is 12.1 Å². The standard InChI is InChI=1S/C18H22N6O3S/c19-18(22-23-20)17-15(2-1-3-16(17)28(21,26)27)13-6-4-12(5-7-13)10-24-9-8-14(25)11-24/h1-7,14,25H,8-11H2,(H3,19,20,22)(H2,21,26,27). The van der Waals surface area contributed by atoms with E-state index in [4.69, 9.17) is 16.4 Å². The van der Waals surface area contributed by atoms with E-state index < -0.39 is 10.0 Å². The lowest BCUT2D eigenvalue weighted by Crippen LogP contribution is -2.22. The summed E-state index contributed by atoms with van der Waals surface area (Å²) in [5.74, 6) is -0.204. The van der Waals surface area contributed by atoms with Crippen LogP contribution in [0, 0.1) is 5.53 Å². The first kappa shape index (κ1) is 20.1. The molecule has 0 aliphatic carbocycles. The summed E-state index contributed by atoms with van der Waals surface area (Å²) in [6, 6.07) is 12.2. The van der Waals surface area contributed by atoms with Gasteiger partial charge in [-0.15, -0.1) is 5.10 Å². The zero-order valence-electron chi connectivity index (χ0n) is 15.1. The van der Waals surface area contributed by atoms with Crippen LogP contribution in [0.15, 0.2) is 57.7 Å². The van der Waals surface area contributed by atoms with Gasteiger partial charge in [-0.1, -0.05) is 41.6 Å². The Labute approximate surface area is 163 Å². The highest BCUT2D eigenvalue weighted by Crippen LogP contribution is 2.29. The zero-order valence-corrected chi connectivity index (χ0v) is 15.9. The van der Waals surface area contributed by atoms with Crippen LogP contribution in [0.1, 0.15) is 17.5 Å². The average Bonchev–Trinajstić information content (AvgIpc) is 3.06. The van der Waals surface area contributed by atoms with Crippen molar-refractivity contribution in [1.29, 1.82) is 5.53 Å². The minimum absolute atomic E-state index is 0.122. The van der Waals surface area contributed by atoms with Gasteiger partial charge < -0.3 is 10.8 Å². The van der Waals surface area contributed by atoms with Crippen LogP contribution in [0.5, 0.6) is 0 Å². The normalized spacial score (nSPS) is 18.4. The highest BCUT2D eigenvalue weighted by Gasteiger charge is 2.22. The maximum Gasteiger partial charge on any atom is 0.238 e. The number of primary sulfonamides is 1. The second kappa shape index (κ2) is 8.15. The molecule has 0 amide bonds. The molecule has 0 radical (unpaired) electrons. The van der Waals surface area contributed by atoms with Gasteiger partial charge in [-0.05, 0) is 29.2 Å². The monoisotopic (exact) mass is 402 g/mol. The minimum Gasteiger partial charge on any atom is -0.392 e. The molecule has 2 aromatic carbocycles. The van der Waals surface area contributed by atoms with Crippen molar-refractivity contribution in [2.24, 2.45) is 21.2 Å². The maximum absolute atomic E-state index is 12.0. The molecule has 0 spiro atoms. The first-order chi connectivity index (χ1) is 13.3. The Morgan fingerprint density at radius 3 is 2.54 bits per heavy atom. The predicted molar refractivity (Wildman–Crippen MR) is 105 cm³/mol. The quantitative estimate of drug-likeness (QED) is 0.247. The summed E-state index contributed by atoms with van der Waals surface area (Å²) in [7, 11) is -4.05. The van der Waals surface area contributed by atoms with Crippen LogP contribution in [0.25, 0.3) is 11.1 Å². The van der Waals surface area contributed by atoms with Crippen molar-refractivity contribution in [3.05, 3.63) is 53.6 Å². The minimum atomic E-state index is -4.05. The molecule has 6 N–H and O–H groups in total. The van der Waals surface area contributed by atoms with Gasteiger partial charge in [0.15, 0.2) is 5.84 Å². The predicted octanol–water partition coefficient (Wildman–Crippen LogP) is 1.22. The molecule has 3 rings (SSSR count). The summed E-state index contributed by atoms with van der Waals surface area (Å²) < 4.78 is 24.0. The van der Waals surface area contributed by atoms with Gasteiger partial charge in [-0.3, -0.25) is 4.90 Å². The Hall–Kier alpha value is -2.66. The third-order valence-electron chi connectivity index (χ3n) is 4.67.